The molecule has 2 aliphatic heterocycles. The zero-order valence-electron chi connectivity index (χ0n) is 21.7. The summed E-state index contributed by atoms with van der Waals surface area (Å²) in [5.41, 5.74) is 11.2. The first-order valence-corrected chi connectivity index (χ1v) is 12.3. The minimum Gasteiger partial charge on any atom is -0.385 e. The number of fused-ring (bicyclic) bond motifs is 1. The number of hydrogen-bond donors (Lipinski definition) is 6. The number of nitrogens with two attached hydrogens (primary N) is 1. The summed E-state index contributed by atoms with van der Waals surface area (Å²) in [5.74, 6) is 0.0737. The van der Waals surface area contributed by atoms with E-state index in [2.05, 4.69) is 90.8 Å². The van der Waals surface area contributed by atoms with Gasteiger partial charge in [-0.15, -0.1) is 12.6 Å². The average Bonchev–Trinajstić information content (AvgIpc) is 2.82. The zero-order valence-corrected chi connectivity index (χ0v) is 22.6. The molecule has 0 bridgehead atoms. The van der Waals surface area contributed by atoms with Gasteiger partial charge in [0, 0.05) is 50.0 Å². The molecule has 0 aromatic heterocycles. The summed E-state index contributed by atoms with van der Waals surface area (Å²) < 4.78 is 0. The SMILES string of the molecule is C.C.C=C(/C=C\C(=N)N)CC.C=N.CCN1CC(N/C=C(\CNC)C2=Cc3cc(S)ccc3N(C)C2)C1. The van der Waals surface area contributed by atoms with Crippen LogP contribution in [0.1, 0.15) is 40.7 Å². The Kier molecular flexibility index (Phi) is 19.0. The molecule has 3 rings (SSSR count). The van der Waals surface area contributed by atoms with E-state index in [1.54, 1.807) is 6.08 Å². The lowest BCUT2D eigenvalue weighted by atomic mass is 9.97. The van der Waals surface area contributed by atoms with Crippen LogP contribution in [-0.4, -0.2) is 70.3 Å². The first-order chi connectivity index (χ1) is 16.8. The van der Waals surface area contributed by atoms with Gasteiger partial charge in [-0.3, -0.25) is 10.3 Å². The summed E-state index contributed by atoms with van der Waals surface area (Å²) >= 11 is 4.48. The lowest BCUT2D eigenvalue weighted by Crippen LogP contribution is -2.56. The van der Waals surface area contributed by atoms with Crippen molar-refractivity contribution in [3.8, 4) is 0 Å². The zero-order chi connectivity index (χ0) is 26.4. The predicted octanol–water partition coefficient (Wildman–Crippen LogP) is 5.19. The Morgan fingerprint density at radius 3 is 2.41 bits per heavy atom. The number of nitrogens with zero attached hydrogens (tertiary/aromatic N) is 2. The van der Waals surface area contributed by atoms with Gasteiger partial charge in [-0.25, -0.2) is 0 Å². The summed E-state index contributed by atoms with van der Waals surface area (Å²) in [6.07, 6.45) is 8.71. The van der Waals surface area contributed by atoms with E-state index >= 15 is 0 Å². The minimum absolute atomic E-state index is 0. The molecule has 1 fully saturated rings. The average molecular weight is 530 g/mol. The lowest BCUT2D eigenvalue weighted by Gasteiger charge is -2.39. The van der Waals surface area contributed by atoms with Gasteiger partial charge in [-0.05, 0) is 73.8 Å². The highest BCUT2D eigenvalue weighted by Crippen LogP contribution is 2.31. The molecule has 1 aromatic carbocycles. The smallest absolute Gasteiger partial charge is 0.115 e. The van der Waals surface area contributed by atoms with Crippen molar-refractivity contribution in [2.24, 2.45) is 5.73 Å². The van der Waals surface area contributed by atoms with Crippen LogP contribution in [0.2, 0.25) is 0 Å². The molecule has 2 aliphatic rings. The third kappa shape index (κ3) is 12.3. The normalized spacial score (nSPS) is 14.8. The van der Waals surface area contributed by atoms with E-state index in [9.17, 15) is 0 Å². The number of nitrogens with one attached hydrogen (secondary N) is 4. The lowest BCUT2D eigenvalue weighted by molar-refractivity contribution is 0.144. The number of hydrogen-bond acceptors (Lipinski definition) is 7. The molecule has 2 heterocycles. The fraction of sp³-hybridized carbons (Fsp3) is 0.448. The second-order valence-corrected chi connectivity index (χ2v) is 9.00. The van der Waals surface area contributed by atoms with Gasteiger partial charge < -0.3 is 26.7 Å². The highest BCUT2D eigenvalue weighted by Gasteiger charge is 2.24. The van der Waals surface area contributed by atoms with Crippen molar-refractivity contribution in [2.75, 3.05) is 51.7 Å². The van der Waals surface area contributed by atoms with E-state index in [0.29, 0.717) is 6.04 Å². The maximum absolute atomic E-state index is 6.81. The molecule has 1 aromatic rings. The fourth-order valence-electron chi connectivity index (χ4n) is 3.70. The van der Waals surface area contributed by atoms with Crippen molar-refractivity contribution in [3.05, 3.63) is 65.4 Å². The third-order valence-electron chi connectivity index (χ3n) is 5.79. The number of anilines is 1. The second-order valence-electron chi connectivity index (χ2n) is 8.48. The van der Waals surface area contributed by atoms with Crippen molar-refractivity contribution in [2.45, 2.75) is 46.1 Å². The van der Waals surface area contributed by atoms with Gasteiger partial charge in [-0.2, -0.15) is 0 Å². The third-order valence-corrected chi connectivity index (χ3v) is 6.07. The van der Waals surface area contributed by atoms with Crippen molar-refractivity contribution >= 4 is 36.9 Å². The number of amidine groups is 1. The monoisotopic (exact) mass is 529 g/mol. The van der Waals surface area contributed by atoms with Gasteiger partial charge in [0.15, 0.2) is 0 Å². The van der Waals surface area contributed by atoms with Crippen LogP contribution in [-0.2, 0) is 0 Å². The molecule has 208 valence electrons. The highest BCUT2D eigenvalue weighted by atomic mass is 32.1. The van der Waals surface area contributed by atoms with Gasteiger partial charge in [0.2, 0.25) is 0 Å². The van der Waals surface area contributed by atoms with E-state index < -0.39 is 0 Å². The molecule has 7 nitrogen and oxygen atoms in total. The van der Waals surface area contributed by atoms with Crippen molar-refractivity contribution in [1.29, 1.82) is 10.8 Å². The summed E-state index contributed by atoms with van der Waals surface area (Å²) in [5, 5.41) is 19.2. The second kappa shape index (κ2) is 19.3. The minimum atomic E-state index is 0. The van der Waals surface area contributed by atoms with Crippen LogP contribution < -0.4 is 21.3 Å². The molecule has 6 N–H and O–H groups in total. The molecule has 0 spiro atoms. The van der Waals surface area contributed by atoms with Gasteiger partial charge in [-0.1, -0.05) is 46.9 Å². The molecule has 0 radical (unpaired) electrons. The number of thiol groups is 1. The molecular formula is C29H51N7S. The van der Waals surface area contributed by atoms with Gasteiger partial charge in [0.25, 0.3) is 0 Å². The molecule has 0 saturated carbocycles. The summed E-state index contributed by atoms with van der Waals surface area (Å²) in [7, 11) is 4.16. The number of likely N-dealkylation sites (N-methyl/N-ethyl adjacent to an activating group) is 3. The predicted molar refractivity (Wildman–Crippen MR) is 170 cm³/mol. The maximum atomic E-state index is 6.81. The Bertz CT molecular complexity index is 930. The van der Waals surface area contributed by atoms with Gasteiger partial charge in [0.05, 0.1) is 6.04 Å². The van der Waals surface area contributed by atoms with Crippen LogP contribution in [0.25, 0.3) is 6.08 Å². The molecule has 8 heteroatoms. The van der Waals surface area contributed by atoms with Crippen LogP contribution in [0.5, 0.6) is 0 Å². The number of allylic oxidation sites excluding steroid dienone is 2. The van der Waals surface area contributed by atoms with E-state index in [-0.39, 0.29) is 20.7 Å². The Balaban J connectivity index is 0. The Labute approximate surface area is 232 Å². The van der Waals surface area contributed by atoms with Gasteiger partial charge >= 0.3 is 0 Å². The number of rotatable bonds is 9. The molecule has 0 aliphatic carbocycles. The van der Waals surface area contributed by atoms with Crippen LogP contribution >= 0.6 is 12.6 Å². The first kappa shape index (κ1) is 36.3. The molecule has 0 amide bonds. The Morgan fingerprint density at radius 1 is 1.22 bits per heavy atom. The molecule has 37 heavy (non-hydrogen) atoms. The van der Waals surface area contributed by atoms with Crippen LogP contribution in [0.15, 0.2) is 64.7 Å². The van der Waals surface area contributed by atoms with E-state index in [4.69, 9.17) is 16.6 Å². The summed E-state index contributed by atoms with van der Waals surface area (Å²) in [6, 6.07) is 6.93. The Hall–Kier alpha value is -2.81. The van der Waals surface area contributed by atoms with Crippen LogP contribution in [0.3, 0.4) is 0 Å². The van der Waals surface area contributed by atoms with Gasteiger partial charge in [0.1, 0.15) is 5.84 Å². The maximum Gasteiger partial charge on any atom is 0.115 e. The fourth-order valence-corrected chi connectivity index (χ4v) is 3.91. The highest BCUT2D eigenvalue weighted by molar-refractivity contribution is 7.80. The summed E-state index contributed by atoms with van der Waals surface area (Å²) in [4.78, 5) is 5.76. The van der Waals surface area contributed by atoms with E-state index in [1.165, 1.54) is 28.5 Å². The van der Waals surface area contributed by atoms with Crippen LogP contribution in [0, 0.1) is 10.8 Å². The van der Waals surface area contributed by atoms with Crippen LogP contribution in [0.4, 0.5) is 5.69 Å². The Morgan fingerprint density at radius 2 is 1.86 bits per heavy atom. The molecule has 0 atom stereocenters. The molecule has 0 unspecified atom stereocenters. The number of likely N-dealkylation sites (tertiary alicyclic amines) is 1. The van der Waals surface area contributed by atoms with E-state index in [1.807, 2.05) is 14.0 Å². The molecular weight excluding hydrogens is 478 g/mol. The standard InChI is InChI=1S/C19H28N4S.C7H12N2.CH3N.2CH4/c1-4-23-12-17(13-23)21-10-16(9-20-2)15-7-14-8-18(24)5-6-19(14)22(3)11-15;1-3-6(2)4-5-7(8)9;1-2;;/h5-8,10,17,20-21,24H,4,9,11-13H2,1-3H3;4-5H,2-3H2,1H3,(H3,8,9);2H,1H2;2*1H4/b16-10+;5-4-;;;. The molecule has 1 saturated heterocycles. The topological polar surface area (TPSA) is 104 Å². The van der Waals surface area contributed by atoms with Crippen molar-refractivity contribution in [1.82, 2.24) is 15.5 Å². The summed E-state index contributed by atoms with van der Waals surface area (Å²) in [6.45, 7) is 15.7. The van der Waals surface area contributed by atoms with Crippen molar-refractivity contribution in [3.63, 3.8) is 0 Å². The first-order valence-electron chi connectivity index (χ1n) is 11.9. The number of benzene rings is 1. The van der Waals surface area contributed by atoms with Crippen molar-refractivity contribution < 1.29 is 0 Å². The van der Waals surface area contributed by atoms with E-state index in [0.717, 1.165) is 49.6 Å². The quantitative estimate of drug-likeness (QED) is 0.114. The largest absolute Gasteiger partial charge is 0.385 e.